The van der Waals surface area contributed by atoms with E-state index in [1.54, 1.807) is 0 Å². The molecule has 0 saturated heterocycles. The third-order valence-electron chi connectivity index (χ3n) is 7.22. The van der Waals surface area contributed by atoms with Crippen LogP contribution in [0.5, 0.6) is 0 Å². The van der Waals surface area contributed by atoms with Crippen LogP contribution in [-0.2, 0) is 10.2 Å². The van der Waals surface area contributed by atoms with Crippen LogP contribution >= 0.6 is 0 Å². The number of carbonyl (C=O) groups is 1. The fourth-order valence-electron chi connectivity index (χ4n) is 6.31. The Morgan fingerprint density at radius 3 is 2.44 bits per heavy atom. The maximum atomic E-state index is 13.2. The fraction of sp³-hybridized carbons (Fsp3) is 0.682. The van der Waals surface area contributed by atoms with Crippen molar-refractivity contribution >= 4 is 5.91 Å². The molecular formula is C22H32N2O. The SMILES string of the molecule is Cc1ccc(C23CC4CC(CC(C(=O)NCC(C)CN)(C4)C2)C3)cc1. The highest BCUT2D eigenvalue weighted by Crippen LogP contribution is 2.65. The van der Waals surface area contributed by atoms with E-state index < -0.39 is 0 Å². The first-order valence-corrected chi connectivity index (χ1v) is 10.0. The van der Waals surface area contributed by atoms with E-state index in [1.165, 1.54) is 30.4 Å². The first kappa shape index (κ1) is 17.1. The molecular weight excluding hydrogens is 308 g/mol. The summed E-state index contributed by atoms with van der Waals surface area (Å²) in [6.07, 6.45) is 7.13. The Labute approximate surface area is 151 Å². The predicted octanol–water partition coefficient (Wildman–Crippen LogP) is 3.54. The van der Waals surface area contributed by atoms with Gasteiger partial charge < -0.3 is 11.1 Å². The Kier molecular flexibility index (Phi) is 4.18. The lowest BCUT2D eigenvalue weighted by molar-refractivity contribution is -0.149. The number of nitrogens with two attached hydrogens (primary N) is 1. The van der Waals surface area contributed by atoms with Gasteiger partial charge in [-0.05, 0) is 80.7 Å². The molecule has 4 saturated carbocycles. The van der Waals surface area contributed by atoms with Gasteiger partial charge in [-0.15, -0.1) is 0 Å². The van der Waals surface area contributed by atoms with Crippen molar-refractivity contribution < 1.29 is 4.79 Å². The van der Waals surface area contributed by atoms with Gasteiger partial charge in [-0.1, -0.05) is 36.8 Å². The molecule has 3 nitrogen and oxygen atoms in total. The maximum Gasteiger partial charge on any atom is 0.226 e. The molecule has 136 valence electrons. The summed E-state index contributed by atoms with van der Waals surface area (Å²) in [5.74, 6) is 2.10. The maximum absolute atomic E-state index is 13.2. The summed E-state index contributed by atoms with van der Waals surface area (Å²) in [4.78, 5) is 13.2. The van der Waals surface area contributed by atoms with Crippen molar-refractivity contribution in [2.24, 2.45) is 28.9 Å². The lowest BCUT2D eigenvalue weighted by Gasteiger charge is -2.61. The van der Waals surface area contributed by atoms with E-state index >= 15 is 0 Å². The lowest BCUT2D eigenvalue weighted by atomic mass is 9.42. The number of hydrogen-bond donors (Lipinski definition) is 2. The van der Waals surface area contributed by atoms with Crippen LogP contribution in [-0.4, -0.2) is 19.0 Å². The molecule has 0 heterocycles. The number of amides is 1. The molecule has 3 unspecified atom stereocenters. The summed E-state index contributed by atoms with van der Waals surface area (Å²) in [7, 11) is 0. The molecule has 3 N–H and O–H groups in total. The molecule has 3 heteroatoms. The second kappa shape index (κ2) is 6.12. The van der Waals surface area contributed by atoms with Crippen LogP contribution in [0.1, 0.15) is 56.6 Å². The zero-order valence-corrected chi connectivity index (χ0v) is 15.7. The van der Waals surface area contributed by atoms with E-state index in [4.69, 9.17) is 5.73 Å². The number of benzene rings is 1. The Morgan fingerprint density at radius 2 is 1.84 bits per heavy atom. The minimum Gasteiger partial charge on any atom is -0.355 e. The average Bonchev–Trinajstić information content (AvgIpc) is 2.58. The third kappa shape index (κ3) is 2.91. The number of rotatable bonds is 5. The fourth-order valence-corrected chi connectivity index (χ4v) is 6.31. The van der Waals surface area contributed by atoms with Gasteiger partial charge in [0.1, 0.15) is 0 Å². The Hall–Kier alpha value is -1.35. The minimum atomic E-state index is -0.136. The molecule has 5 rings (SSSR count). The molecule has 4 bridgehead atoms. The summed E-state index contributed by atoms with van der Waals surface area (Å²) < 4.78 is 0. The van der Waals surface area contributed by atoms with Crippen molar-refractivity contribution in [1.29, 1.82) is 0 Å². The molecule has 3 atom stereocenters. The number of aryl methyl sites for hydroxylation is 1. The van der Waals surface area contributed by atoms with Crippen molar-refractivity contribution in [2.45, 2.75) is 57.8 Å². The van der Waals surface area contributed by atoms with Crippen LogP contribution in [0.2, 0.25) is 0 Å². The molecule has 1 aromatic carbocycles. The molecule has 4 aliphatic rings. The van der Waals surface area contributed by atoms with Crippen LogP contribution in [0.15, 0.2) is 24.3 Å². The average molecular weight is 341 g/mol. The van der Waals surface area contributed by atoms with Crippen LogP contribution in [0, 0.1) is 30.1 Å². The van der Waals surface area contributed by atoms with E-state index in [1.807, 2.05) is 0 Å². The highest BCUT2D eigenvalue weighted by Gasteiger charge is 2.60. The van der Waals surface area contributed by atoms with Gasteiger partial charge in [0.25, 0.3) is 0 Å². The van der Waals surface area contributed by atoms with Crippen molar-refractivity contribution in [3.63, 3.8) is 0 Å². The molecule has 0 radical (unpaired) electrons. The quantitative estimate of drug-likeness (QED) is 0.861. The van der Waals surface area contributed by atoms with Gasteiger partial charge in [-0.2, -0.15) is 0 Å². The van der Waals surface area contributed by atoms with Crippen molar-refractivity contribution in [1.82, 2.24) is 5.32 Å². The zero-order valence-electron chi connectivity index (χ0n) is 15.7. The molecule has 25 heavy (non-hydrogen) atoms. The monoisotopic (exact) mass is 340 g/mol. The molecule has 0 spiro atoms. The molecule has 4 fully saturated rings. The molecule has 4 aliphatic carbocycles. The van der Waals surface area contributed by atoms with Gasteiger partial charge in [-0.25, -0.2) is 0 Å². The van der Waals surface area contributed by atoms with E-state index in [-0.39, 0.29) is 10.8 Å². The first-order chi connectivity index (χ1) is 11.9. The van der Waals surface area contributed by atoms with Gasteiger partial charge in [0.2, 0.25) is 5.91 Å². The summed E-state index contributed by atoms with van der Waals surface area (Å²) in [5.41, 5.74) is 8.61. The van der Waals surface area contributed by atoms with Gasteiger partial charge >= 0.3 is 0 Å². The highest BCUT2D eigenvalue weighted by atomic mass is 16.2. The third-order valence-corrected chi connectivity index (χ3v) is 7.22. The summed E-state index contributed by atoms with van der Waals surface area (Å²) in [6, 6.07) is 9.13. The number of carbonyl (C=O) groups excluding carboxylic acids is 1. The number of nitrogens with one attached hydrogen (secondary N) is 1. The Morgan fingerprint density at radius 1 is 1.20 bits per heavy atom. The van der Waals surface area contributed by atoms with Gasteiger partial charge in [0, 0.05) is 6.54 Å². The second-order valence-corrected chi connectivity index (χ2v) is 9.44. The van der Waals surface area contributed by atoms with E-state index in [9.17, 15) is 4.79 Å². The second-order valence-electron chi connectivity index (χ2n) is 9.44. The predicted molar refractivity (Wildman–Crippen MR) is 101 cm³/mol. The normalized spacial score (nSPS) is 37.1. The topological polar surface area (TPSA) is 55.1 Å². The van der Waals surface area contributed by atoms with Crippen molar-refractivity contribution in [2.75, 3.05) is 13.1 Å². The van der Waals surface area contributed by atoms with Gasteiger partial charge in [0.15, 0.2) is 0 Å². The Bertz CT molecular complexity index is 636. The smallest absolute Gasteiger partial charge is 0.226 e. The molecule has 1 aromatic rings. The van der Waals surface area contributed by atoms with Crippen molar-refractivity contribution in [3.8, 4) is 0 Å². The summed E-state index contributed by atoms with van der Waals surface area (Å²) >= 11 is 0. The van der Waals surface area contributed by atoms with E-state index in [0.717, 1.165) is 31.1 Å². The largest absolute Gasteiger partial charge is 0.355 e. The molecule has 0 aromatic heterocycles. The number of hydrogen-bond acceptors (Lipinski definition) is 2. The lowest BCUT2D eigenvalue weighted by Crippen LogP contribution is -2.59. The first-order valence-electron chi connectivity index (χ1n) is 10.0. The van der Waals surface area contributed by atoms with Gasteiger partial charge in [0.05, 0.1) is 5.41 Å². The standard InChI is InChI=1S/C22H32N2O/c1-15-3-5-19(6-4-15)21-8-17-7-18(9-21)11-22(10-17,14-21)20(25)24-13-16(2)12-23/h3-6,16-18H,7-14,23H2,1-2H3,(H,24,25). The summed E-state index contributed by atoms with van der Waals surface area (Å²) in [5, 5.41) is 3.25. The molecule has 0 aliphatic heterocycles. The van der Waals surface area contributed by atoms with Crippen molar-refractivity contribution in [3.05, 3.63) is 35.4 Å². The molecule has 1 amide bonds. The van der Waals surface area contributed by atoms with Crippen LogP contribution < -0.4 is 11.1 Å². The van der Waals surface area contributed by atoms with Gasteiger partial charge in [-0.3, -0.25) is 4.79 Å². The van der Waals surface area contributed by atoms with Crippen LogP contribution in [0.25, 0.3) is 0 Å². The van der Waals surface area contributed by atoms with Crippen LogP contribution in [0.3, 0.4) is 0 Å². The summed E-state index contributed by atoms with van der Waals surface area (Å²) in [6.45, 7) is 5.60. The highest BCUT2D eigenvalue weighted by molar-refractivity contribution is 5.83. The van der Waals surface area contributed by atoms with Crippen LogP contribution in [0.4, 0.5) is 0 Å². The minimum absolute atomic E-state index is 0.136. The Balaban J connectivity index is 1.60. The van der Waals surface area contributed by atoms with E-state index in [0.29, 0.717) is 24.9 Å². The van der Waals surface area contributed by atoms with E-state index in [2.05, 4.69) is 43.4 Å². The zero-order chi connectivity index (χ0) is 17.7.